The molecule has 0 aromatic carbocycles. The Kier molecular flexibility index (Phi) is 4.26. The van der Waals surface area contributed by atoms with Crippen LogP contribution in [0, 0.1) is 11.3 Å². The van der Waals surface area contributed by atoms with Gasteiger partial charge in [0.1, 0.15) is 15.2 Å². The standard InChI is InChI=1S/C12H16N2O2S3/c1-12(2)5-6-14(7-8-17-12)19(15,16)11-4-3-10(9-13)18-11/h3-4H,5-8H2,1-2H3. The number of thioether (sulfide) groups is 1. The van der Waals surface area contributed by atoms with Crippen LogP contribution in [0.5, 0.6) is 0 Å². The molecule has 1 aromatic heterocycles. The van der Waals surface area contributed by atoms with Gasteiger partial charge in [-0.2, -0.15) is 21.3 Å². The van der Waals surface area contributed by atoms with Gasteiger partial charge in [0.15, 0.2) is 0 Å². The molecule has 1 aliphatic rings. The van der Waals surface area contributed by atoms with Crippen LogP contribution in [0.3, 0.4) is 0 Å². The fourth-order valence-corrected chi connectivity index (χ4v) is 5.80. The number of nitriles is 1. The van der Waals surface area contributed by atoms with Crippen molar-refractivity contribution in [2.45, 2.75) is 29.2 Å². The predicted molar refractivity (Wildman–Crippen MR) is 78.9 cm³/mol. The first kappa shape index (κ1) is 14.9. The van der Waals surface area contributed by atoms with Gasteiger partial charge in [0.05, 0.1) is 0 Å². The van der Waals surface area contributed by atoms with Gasteiger partial charge < -0.3 is 0 Å². The Morgan fingerprint density at radius 3 is 2.74 bits per heavy atom. The normalized spacial score (nSPS) is 20.7. The van der Waals surface area contributed by atoms with Crippen molar-refractivity contribution in [1.29, 1.82) is 5.26 Å². The Hall–Kier alpha value is -0.550. The summed E-state index contributed by atoms with van der Waals surface area (Å²) in [6.45, 7) is 5.37. The van der Waals surface area contributed by atoms with Gasteiger partial charge >= 0.3 is 0 Å². The van der Waals surface area contributed by atoms with Gasteiger partial charge in [0, 0.05) is 23.6 Å². The van der Waals surface area contributed by atoms with Gasteiger partial charge in [0.2, 0.25) is 0 Å². The molecular formula is C12H16N2O2S3. The highest BCUT2D eigenvalue weighted by Crippen LogP contribution is 2.33. The van der Waals surface area contributed by atoms with Crippen LogP contribution in [0.15, 0.2) is 16.3 Å². The smallest absolute Gasteiger partial charge is 0.206 e. The summed E-state index contributed by atoms with van der Waals surface area (Å²) in [5.74, 6) is 0.808. The van der Waals surface area contributed by atoms with E-state index in [4.69, 9.17) is 5.26 Å². The second-order valence-corrected chi connectivity index (χ2v) is 10.0. The molecule has 0 amide bonds. The molecule has 7 heteroatoms. The van der Waals surface area contributed by atoms with Crippen molar-refractivity contribution in [2.24, 2.45) is 0 Å². The van der Waals surface area contributed by atoms with Crippen molar-refractivity contribution < 1.29 is 8.42 Å². The molecule has 0 unspecified atom stereocenters. The SMILES string of the molecule is CC1(C)CCN(S(=O)(=O)c2ccc(C#N)s2)CCS1. The van der Waals surface area contributed by atoms with E-state index in [0.717, 1.165) is 23.5 Å². The fourth-order valence-electron chi connectivity index (χ4n) is 1.89. The van der Waals surface area contributed by atoms with Crippen LogP contribution in [0.2, 0.25) is 0 Å². The summed E-state index contributed by atoms with van der Waals surface area (Å²) in [7, 11) is -3.44. The van der Waals surface area contributed by atoms with Crippen LogP contribution in [0.1, 0.15) is 25.1 Å². The van der Waals surface area contributed by atoms with Crippen LogP contribution in [0.25, 0.3) is 0 Å². The van der Waals surface area contributed by atoms with Crippen molar-refractivity contribution in [1.82, 2.24) is 4.31 Å². The minimum absolute atomic E-state index is 0.123. The third kappa shape index (κ3) is 3.31. The van der Waals surface area contributed by atoms with E-state index in [1.54, 1.807) is 10.4 Å². The van der Waals surface area contributed by atoms with Gasteiger partial charge in [0.25, 0.3) is 10.0 Å². The third-order valence-corrected chi connectivity index (χ3v) is 7.81. The third-order valence-electron chi connectivity index (χ3n) is 3.08. The molecule has 0 aliphatic carbocycles. The predicted octanol–water partition coefficient (Wildman–Crippen LogP) is 2.53. The van der Waals surface area contributed by atoms with E-state index in [9.17, 15) is 8.42 Å². The molecule has 0 spiro atoms. The molecule has 1 aliphatic heterocycles. The summed E-state index contributed by atoms with van der Waals surface area (Å²) < 4.78 is 26.9. The lowest BCUT2D eigenvalue weighted by Gasteiger charge is -2.22. The molecule has 1 saturated heterocycles. The van der Waals surface area contributed by atoms with Crippen molar-refractivity contribution in [3.8, 4) is 6.07 Å². The van der Waals surface area contributed by atoms with E-state index in [-0.39, 0.29) is 8.96 Å². The monoisotopic (exact) mass is 316 g/mol. The summed E-state index contributed by atoms with van der Waals surface area (Å²) in [5, 5.41) is 8.79. The Bertz CT molecular complexity index is 599. The second kappa shape index (κ2) is 5.44. The largest absolute Gasteiger partial charge is 0.252 e. The van der Waals surface area contributed by atoms with E-state index < -0.39 is 10.0 Å². The Morgan fingerprint density at radius 2 is 2.11 bits per heavy atom. The number of rotatable bonds is 2. The molecule has 2 rings (SSSR count). The van der Waals surface area contributed by atoms with Crippen molar-refractivity contribution in [3.63, 3.8) is 0 Å². The van der Waals surface area contributed by atoms with E-state index in [1.165, 1.54) is 6.07 Å². The molecule has 0 atom stereocenters. The Labute approximate surface area is 122 Å². The summed E-state index contributed by atoms with van der Waals surface area (Å²) in [4.78, 5) is 0.433. The lowest BCUT2D eigenvalue weighted by molar-refractivity contribution is 0.416. The minimum atomic E-state index is -3.44. The zero-order chi connectivity index (χ0) is 14.1. The van der Waals surface area contributed by atoms with Gasteiger partial charge in [-0.1, -0.05) is 13.8 Å². The first-order valence-corrected chi connectivity index (χ1v) is 9.23. The lowest BCUT2D eigenvalue weighted by atomic mass is 10.1. The molecule has 1 aromatic rings. The number of nitrogens with zero attached hydrogens (tertiary/aromatic N) is 2. The van der Waals surface area contributed by atoms with Crippen molar-refractivity contribution in [3.05, 3.63) is 17.0 Å². The highest BCUT2D eigenvalue weighted by atomic mass is 32.2. The molecule has 0 saturated carbocycles. The number of thiophene rings is 1. The van der Waals surface area contributed by atoms with Crippen LogP contribution in [-0.2, 0) is 10.0 Å². The Balaban J connectivity index is 2.23. The topological polar surface area (TPSA) is 61.2 Å². The van der Waals surface area contributed by atoms with Gasteiger partial charge in [-0.05, 0) is 18.6 Å². The fraction of sp³-hybridized carbons (Fsp3) is 0.583. The molecule has 104 valence electrons. The summed E-state index contributed by atoms with van der Waals surface area (Å²) in [5.41, 5.74) is 0. The quantitative estimate of drug-likeness (QED) is 0.841. The van der Waals surface area contributed by atoms with Gasteiger partial charge in [-0.15, -0.1) is 11.3 Å². The van der Waals surface area contributed by atoms with Crippen LogP contribution in [-0.4, -0.2) is 36.3 Å². The number of hydrogen-bond donors (Lipinski definition) is 0. The highest BCUT2D eigenvalue weighted by molar-refractivity contribution is 8.00. The molecule has 2 heterocycles. The first-order chi connectivity index (χ1) is 8.85. The molecule has 0 bridgehead atoms. The first-order valence-electron chi connectivity index (χ1n) is 5.99. The Morgan fingerprint density at radius 1 is 1.37 bits per heavy atom. The molecule has 4 nitrogen and oxygen atoms in total. The molecule has 0 radical (unpaired) electrons. The van der Waals surface area contributed by atoms with Crippen molar-refractivity contribution in [2.75, 3.05) is 18.8 Å². The summed E-state index contributed by atoms with van der Waals surface area (Å²) in [6, 6.07) is 5.07. The lowest BCUT2D eigenvalue weighted by Crippen LogP contribution is -2.33. The maximum absolute atomic E-state index is 12.5. The second-order valence-electron chi connectivity index (χ2n) is 4.99. The average Bonchev–Trinajstić information content (AvgIpc) is 2.75. The summed E-state index contributed by atoms with van der Waals surface area (Å²) in [6.07, 6.45) is 0.841. The van der Waals surface area contributed by atoms with E-state index in [2.05, 4.69) is 13.8 Å². The molecular weight excluding hydrogens is 300 g/mol. The van der Waals surface area contributed by atoms with E-state index >= 15 is 0 Å². The van der Waals surface area contributed by atoms with Crippen molar-refractivity contribution >= 4 is 33.1 Å². The highest BCUT2D eigenvalue weighted by Gasteiger charge is 2.31. The molecule has 19 heavy (non-hydrogen) atoms. The van der Waals surface area contributed by atoms with Gasteiger partial charge in [-0.3, -0.25) is 0 Å². The van der Waals surface area contributed by atoms with E-state index in [1.807, 2.05) is 17.8 Å². The maximum atomic E-state index is 12.5. The zero-order valence-electron chi connectivity index (χ0n) is 10.9. The maximum Gasteiger partial charge on any atom is 0.252 e. The average molecular weight is 316 g/mol. The van der Waals surface area contributed by atoms with Crippen LogP contribution >= 0.6 is 23.1 Å². The van der Waals surface area contributed by atoms with E-state index in [0.29, 0.717) is 18.0 Å². The van der Waals surface area contributed by atoms with Gasteiger partial charge in [-0.25, -0.2) is 8.42 Å². The zero-order valence-corrected chi connectivity index (χ0v) is 13.4. The van der Waals surface area contributed by atoms with Crippen LogP contribution < -0.4 is 0 Å². The molecule has 0 N–H and O–H groups in total. The number of sulfonamides is 1. The van der Waals surface area contributed by atoms with Crippen LogP contribution in [0.4, 0.5) is 0 Å². The minimum Gasteiger partial charge on any atom is -0.206 e. The number of hydrogen-bond acceptors (Lipinski definition) is 5. The molecule has 1 fully saturated rings. The summed E-state index contributed by atoms with van der Waals surface area (Å²) >= 11 is 2.85.